The van der Waals surface area contributed by atoms with E-state index in [0.717, 1.165) is 31.2 Å². The van der Waals surface area contributed by atoms with Gasteiger partial charge in [-0.3, -0.25) is 9.69 Å². The van der Waals surface area contributed by atoms with Crippen LogP contribution < -0.4 is 11.1 Å². The van der Waals surface area contributed by atoms with Gasteiger partial charge >= 0.3 is 0 Å². The summed E-state index contributed by atoms with van der Waals surface area (Å²) in [6.07, 6.45) is 12.8. The molecule has 1 aliphatic carbocycles. The van der Waals surface area contributed by atoms with Crippen LogP contribution in [0.15, 0.2) is 48.2 Å². The summed E-state index contributed by atoms with van der Waals surface area (Å²) in [4.78, 5) is 22.8. The Hall–Kier alpha value is -2.68. The van der Waals surface area contributed by atoms with Gasteiger partial charge in [0.05, 0.1) is 0 Å². The number of hydrogen-bond acceptors (Lipinski definition) is 8. The molecule has 0 spiro atoms. The van der Waals surface area contributed by atoms with E-state index in [9.17, 15) is 9.90 Å². The Bertz CT molecular complexity index is 1060. The van der Waals surface area contributed by atoms with Crippen molar-refractivity contribution in [3.8, 4) is 5.75 Å². The lowest BCUT2D eigenvalue weighted by molar-refractivity contribution is 0.104. The normalized spacial score (nSPS) is 22.4. The monoisotopic (exact) mass is 465 g/mol. The van der Waals surface area contributed by atoms with E-state index in [0.29, 0.717) is 21.6 Å². The first kappa shape index (κ1) is 22.1. The lowest BCUT2D eigenvalue weighted by atomic mass is 9.98. The molecule has 2 saturated heterocycles. The highest BCUT2D eigenvalue weighted by Gasteiger charge is 2.29. The molecule has 7 nitrogen and oxygen atoms in total. The molecule has 0 bridgehead atoms. The number of anilines is 2. The van der Waals surface area contributed by atoms with E-state index in [4.69, 9.17) is 5.73 Å². The zero-order valence-electron chi connectivity index (χ0n) is 18.7. The van der Waals surface area contributed by atoms with E-state index in [1.165, 1.54) is 62.2 Å². The van der Waals surface area contributed by atoms with E-state index in [1.54, 1.807) is 12.1 Å². The SMILES string of the molecule is Nc1nc(NC2=CCC(N3CCC(N4CCCC4)CC3)C=C2)sc1C(=O)c1cccc(O)c1. The van der Waals surface area contributed by atoms with Crippen LogP contribution >= 0.6 is 11.3 Å². The average molecular weight is 466 g/mol. The molecule has 1 aromatic carbocycles. The van der Waals surface area contributed by atoms with Crippen LogP contribution in [0.2, 0.25) is 0 Å². The number of phenols is 1. The molecule has 8 heteroatoms. The van der Waals surface area contributed by atoms with Crippen molar-refractivity contribution in [1.29, 1.82) is 0 Å². The Kier molecular flexibility index (Phi) is 6.48. The van der Waals surface area contributed by atoms with Crippen molar-refractivity contribution in [2.45, 2.75) is 44.2 Å². The second-order valence-corrected chi connectivity index (χ2v) is 10.1. The van der Waals surface area contributed by atoms with Gasteiger partial charge in [-0.25, -0.2) is 4.98 Å². The second-order valence-electron chi connectivity index (χ2n) is 9.07. The minimum Gasteiger partial charge on any atom is -0.508 e. The van der Waals surface area contributed by atoms with Gasteiger partial charge in [-0.1, -0.05) is 35.6 Å². The van der Waals surface area contributed by atoms with Crippen molar-refractivity contribution >= 4 is 28.1 Å². The zero-order chi connectivity index (χ0) is 22.8. The lowest BCUT2D eigenvalue weighted by Crippen LogP contribution is -2.47. The molecule has 33 heavy (non-hydrogen) atoms. The van der Waals surface area contributed by atoms with Crippen LogP contribution in [0.1, 0.15) is 47.3 Å². The first-order valence-corrected chi connectivity index (χ1v) is 12.6. The first-order valence-electron chi connectivity index (χ1n) is 11.8. The fraction of sp³-hybridized carbons (Fsp3) is 0.440. The van der Waals surface area contributed by atoms with Crippen LogP contribution in [0.25, 0.3) is 0 Å². The van der Waals surface area contributed by atoms with Crippen molar-refractivity contribution in [3.63, 3.8) is 0 Å². The number of allylic oxidation sites excluding steroid dienone is 1. The molecule has 0 radical (unpaired) electrons. The third-order valence-corrected chi connectivity index (χ3v) is 7.91. The number of ketones is 1. The molecule has 3 aliphatic rings. The van der Waals surface area contributed by atoms with E-state index in [2.05, 4.69) is 38.3 Å². The fourth-order valence-corrected chi connectivity index (χ4v) is 5.98. The van der Waals surface area contributed by atoms with Crippen molar-refractivity contribution in [2.75, 3.05) is 37.2 Å². The largest absolute Gasteiger partial charge is 0.508 e. The third kappa shape index (κ3) is 4.98. The number of thiazole rings is 1. The molecular weight excluding hydrogens is 434 g/mol. The third-order valence-electron chi connectivity index (χ3n) is 6.92. The van der Waals surface area contributed by atoms with E-state index in [-0.39, 0.29) is 17.4 Å². The summed E-state index contributed by atoms with van der Waals surface area (Å²) in [5.41, 5.74) is 7.40. The van der Waals surface area contributed by atoms with E-state index >= 15 is 0 Å². The molecule has 4 N–H and O–H groups in total. The molecule has 1 atom stereocenters. The van der Waals surface area contributed by atoms with E-state index in [1.807, 2.05) is 0 Å². The Labute approximate surface area is 198 Å². The van der Waals surface area contributed by atoms with Crippen molar-refractivity contribution in [1.82, 2.24) is 14.8 Å². The van der Waals surface area contributed by atoms with Gasteiger partial charge in [0.1, 0.15) is 16.4 Å². The van der Waals surface area contributed by atoms with Gasteiger partial charge in [0.15, 0.2) is 5.13 Å². The lowest BCUT2D eigenvalue weighted by Gasteiger charge is -2.40. The number of piperidine rings is 1. The van der Waals surface area contributed by atoms with Crippen LogP contribution in [0.3, 0.4) is 0 Å². The fourth-order valence-electron chi connectivity index (χ4n) is 5.11. The Balaban J connectivity index is 1.16. The Morgan fingerprint density at radius 2 is 1.94 bits per heavy atom. The van der Waals surface area contributed by atoms with Gasteiger partial charge < -0.3 is 21.1 Å². The molecule has 1 aromatic heterocycles. The highest BCUT2D eigenvalue weighted by atomic mass is 32.1. The number of nitrogens with zero attached hydrogens (tertiary/aromatic N) is 3. The number of nitrogens with one attached hydrogen (secondary N) is 1. The predicted molar refractivity (Wildman–Crippen MR) is 133 cm³/mol. The standard InChI is InChI=1S/C25H31N5O2S/c26-24-23(22(32)17-4-3-5-21(31)16-17)33-25(28-24)27-18-6-8-19(9-7-18)30-14-10-20(11-15-30)29-12-1-2-13-29/h3-8,16,19-20,31H,1-2,9-15,26H2,(H,27,28). The Morgan fingerprint density at radius 1 is 1.15 bits per heavy atom. The molecule has 2 aromatic rings. The van der Waals surface area contributed by atoms with Crippen LogP contribution in [0, 0.1) is 0 Å². The first-order chi connectivity index (χ1) is 16.1. The molecule has 2 fully saturated rings. The summed E-state index contributed by atoms with van der Waals surface area (Å²) in [7, 11) is 0. The van der Waals surface area contributed by atoms with Crippen LogP contribution in [0.5, 0.6) is 5.75 Å². The summed E-state index contributed by atoms with van der Waals surface area (Å²) in [5, 5.41) is 13.5. The highest BCUT2D eigenvalue weighted by Crippen LogP contribution is 2.30. The predicted octanol–water partition coefficient (Wildman–Crippen LogP) is 3.85. The van der Waals surface area contributed by atoms with Gasteiger partial charge in [0.2, 0.25) is 5.78 Å². The zero-order valence-corrected chi connectivity index (χ0v) is 19.6. The second kappa shape index (κ2) is 9.67. The number of nitrogen functional groups attached to an aromatic ring is 1. The number of rotatable bonds is 6. The quantitative estimate of drug-likeness (QED) is 0.558. The summed E-state index contributed by atoms with van der Waals surface area (Å²) >= 11 is 1.23. The van der Waals surface area contributed by atoms with Crippen molar-refractivity contribution < 1.29 is 9.90 Å². The smallest absolute Gasteiger partial charge is 0.206 e. The summed E-state index contributed by atoms with van der Waals surface area (Å²) < 4.78 is 0. The average Bonchev–Trinajstić information content (AvgIpc) is 3.49. The van der Waals surface area contributed by atoms with Gasteiger partial charge in [0, 0.05) is 36.4 Å². The topological polar surface area (TPSA) is 94.7 Å². The minimum atomic E-state index is -0.237. The number of aromatic nitrogens is 1. The Morgan fingerprint density at radius 3 is 2.64 bits per heavy atom. The number of carbonyl (C=O) groups is 1. The number of phenolic OH excluding ortho intramolecular Hbond substituents is 1. The summed E-state index contributed by atoms with van der Waals surface area (Å²) in [6, 6.07) is 7.49. The van der Waals surface area contributed by atoms with Gasteiger partial charge in [0.25, 0.3) is 0 Å². The van der Waals surface area contributed by atoms with Gasteiger partial charge in [-0.15, -0.1) is 0 Å². The number of carbonyl (C=O) groups excluding carboxylic acids is 1. The number of nitrogens with two attached hydrogens (primary N) is 1. The van der Waals surface area contributed by atoms with Crippen molar-refractivity contribution in [2.24, 2.45) is 0 Å². The van der Waals surface area contributed by atoms with Crippen LogP contribution in [0.4, 0.5) is 10.9 Å². The number of likely N-dealkylation sites (tertiary alicyclic amines) is 2. The summed E-state index contributed by atoms with van der Waals surface area (Å²) in [6.45, 7) is 4.90. The molecular formula is C25H31N5O2S. The van der Waals surface area contributed by atoms with E-state index < -0.39 is 0 Å². The number of hydrogen-bond donors (Lipinski definition) is 3. The van der Waals surface area contributed by atoms with Crippen molar-refractivity contribution in [3.05, 3.63) is 58.6 Å². The van der Waals surface area contributed by atoms with Gasteiger partial charge in [-0.05, 0) is 63.4 Å². The number of aromatic hydroxyl groups is 1. The molecule has 0 saturated carbocycles. The maximum Gasteiger partial charge on any atom is 0.206 e. The molecule has 2 aliphatic heterocycles. The molecule has 0 amide bonds. The molecule has 1 unspecified atom stereocenters. The minimum absolute atomic E-state index is 0.0506. The molecule has 5 rings (SSSR count). The van der Waals surface area contributed by atoms with Crippen LogP contribution in [-0.4, -0.2) is 63.9 Å². The van der Waals surface area contributed by atoms with Gasteiger partial charge in [-0.2, -0.15) is 0 Å². The highest BCUT2D eigenvalue weighted by molar-refractivity contribution is 7.18. The molecule has 174 valence electrons. The molecule has 3 heterocycles. The maximum atomic E-state index is 12.8. The maximum absolute atomic E-state index is 12.8. The summed E-state index contributed by atoms with van der Waals surface area (Å²) in [5.74, 6) is 0.0177. The number of benzene rings is 1. The van der Waals surface area contributed by atoms with Crippen LogP contribution in [-0.2, 0) is 0 Å².